The Morgan fingerprint density at radius 1 is 1.42 bits per heavy atom. The van der Waals surface area contributed by atoms with Crippen LogP contribution in [0.25, 0.3) is 0 Å². The number of aliphatic hydroxyl groups excluding tert-OH is 1. The van der Waals surface area contributed by atoms with E-state index in [1.807, 2.05) is 18.2 Å². The van der Waals surface area contributed by atoms with E-state index in [1.165, 1.54) is 5.56 Å². The molecule has 3 unspecified atom stereocenters. The maximum atomic E-state index is 9.17. The van der Waals surface area contributed by atoms with Gasteiger partial charge in [0.2, 0.25) is 0 Å². The Morgan fingerprint density at radius 3 is 2.84 bits per heavy atom. The fraction of sp³-hybridized carbons (Fsp3) is 0.600. The zero-order valence-corrected chi connectivity index (χ0v) is 11.5. The van der Waals surface area contributed by atoms with Crippen LogP contribution in [0.1, 0.15) is 24.9 Å². The van der Waals surface area contributed by atoms with Gasteiger partial charge in [-0.05, 0) is 18.9 Å². The van der Waals surface area contributed by atoms with Gasteiger partial charge in [0.25, 0.3) is 0 Å². The molecule has 1 aliphatic heterocycles. The number of hydrogen-bond acceptors (Lipinski definition) is 4. The molecule has 2 rings (SSSR count). The predicted octanol–water partition coefficient (Wildman–Crippen LogP) is 1.16. The van der Waals surface area contributed by atoms with E-state index in [4.69, 9.17) is 10.5 Å². The van der Waals surface area contributed by atoms with Crippen molar-refractivity contribution < 1.29 is 9.84 Å². The molecule has 1 aromatic carbocycles. The standard InChI is InChI=1S/C15H24N2O2/c1-12-11-19-14(10-18)9-17(12)8-7-15(16)13-5-3-2-4-6-13/h2-6,12,14-15,18H,7-11,16H2,1H3. The van der Waals surface area contributed by atoms with Gasteiger partial charge >= 0.3 is 0 Å². The van der Waals surface area contributed by atoms with Crippen molar-refractivity contribution in [3.05, 3.63) is 35.9 Å². The van der Waals surface area contributed by atoms with Crippen LogP contribution in [-0.4, -0.2) is 48.5 Å². The third-order valence-electron chi connectivity index (χ3n) is 3.79. The highest BCUT2D eigenvalue weighted by atomic mass is 16.5. The van der Waals surface area contributed by atoms with Gasteiger partial charge < -0.3 is 15.6 Å². The molecule has 0 saturated carbocycles. The van der Waals surface area contributed by atoms with Gasteiger partial charge in [-0.15, -0.1) is 0 Å². The normalized spacial score (nSPS) is 26.3. The summed E-state index contributed by atoms with van der Waals surface area (Å²) >= 11 is 0. The van der Waals surface area contributed by atoms with Crippen LogP contribution in [0.4, 0.5) is 0 Å². The second-order valence-electron chi connectivity index (χ2n) is 5.29. The van der Waals surface area contributed by atoms with Crippen molar-refractivity contribution in [1.82, 2.24) is 4.90 Å². The van der Waals surface area contributed by atoms with Gasteiger partial charge in [-0.1, -0.05) is 30.3 Å². The van der Waals surface area contributed by atoms with Crippen molar-refractivity contribution in [3.63, 3.8) is 0 Å². The molecule has 0 spiro atoms. The summed E-state index contributed by atoms with van der Waals surface area (Å²) in [7, 11) is 0. The number of nitrogens with two attached hydrogens (primary N) is 1. The highest BCUT2D eigenvalue weighted by molar-refractivity contribution is 5.18. The molecular formula is C15H24N2O2. The van der Waals surface area contributed by atoms with Crippen molar-refractivity contribution in [1.29, 1.82) is 0 Å². The van der Waals surface area contributed by atoms with Crippen LogP contribution < -0.4 is 5.73 Å². The Morgan fingerprint density at radius 2 is 2.16 bits per heavy atom. The van der Waals surface area contributed by atoms with Crippen LogP contribution in [0.15, 0.2) is 30.3 Å². The van der Waals surface area contributed by atoms with Crippen LogP contribution in [-0.2, 0) is 4.74 Å². The summed E-state index contributed by atoms with van der Waals surface area (Å²) in [5, 5.41) is 9.17. The van der Waals surface area contributed by atoms with Gasteiger partial charge in [0.1, 0.15) is 0 Å². The Hall–Kier alpha value is -0.940. The van der Waals surface area contributed by atoms with Gasteiger partial charge in [-0.25, -0.2) is 0 Å². The van der Waals surface area contributed by atoms with Crippen LogP contribution in [0, 0.1) is 0 Å². The maximum Gasteiger partial charge on any atom is 0.0933 e. The summed E-state index contributed by atoms with van der Waals surface area (Å²) in [4.78, 5) is 2.35. The SMILES string of the molecule is CC1COC(CO)CN1CCC(N)c1ccccc1. The number of aliphatic hydroxyl groups is 1. The number of hydrogen-bond donors (Lipinski definition) is 2. The lowest BCUT2D eigenvalue weighted by atomic mass is 10.0. The Balaban J connectivity index is 1.84. The molecule has 0 aliphatic carbocycles. The molecule has 0 radical (unpaired) electrons. The average Bonchev–Trinajstić information content (AvgIpc) is 2.47. The predicted molar refractivity (Wildman–Crippen MR) is 75.8 cm³/mol. The Bertz CT molecular complexity index is 372. The lowest BCUT2D eigenvalue weighted by molar-refractivity contribution is -0.0782. The minimum Gasteiger partial charge on any atom is -0.394 e. The smallest absolute Gasteiger partial charge is 0.0933 e. The Labute approximate surface area is 115 Å². The molecule has 3 atom stereocenters. The zero-order valence-electron chi connectivity index (χ0n) is 11.5. The fourth-order valence-electron chi connectivity index (χ4n) is 2.47. The number of benzene rings is 1. The summed E-state index contributed by atoms with van der Waals surface area (Å²) in [6.45, 7) is 4.66. The highest BCUT2D eigenvalue weighted by Gasteiger charge is 2.25. The van der Waals surface area contributed by atoms with Crippen molar-refractivity contribution >= 4 is 0 Å². The van der Waals surface area contributed by atoms with Crippen LogP contribution in [0.5, 0.6) is 0 Å². The summed E-state index contributed by atoms with van der Waals surface area (Å²) < 4.78 is 5.54. The van der Waals surface area contributed by atoms with Crippen molar-refractivity contribution in [2.24, 2.45) is 5.73 Å². The fourth-order valence-corrected chi connectivity index (χ4v) is 2.47. The largest absolute Gasteiger partial charge is 0.394 e. The molecule has 1 heterocycles. The molecule has 1 fully saturated rings. The summed E-state index contributed by atoms with van der Waals surface area (Å²) in [6, 6.07) is 10.7. The first-order valence-electron chi connectivity index (χ1n) is 6.97. The molecular weight excluding hydrogens is 240 g/mol. The molecule has 19 heavy (non-hydrogen) atoms. The first-order chi connectivity index (χ1) is 9.20. The van der Waals surface area contributed by atoms with Gasteiger partial charge in [-0.3, -0.25) is 4.90 Å². The number of ether oxygens (including phenoxy) is 1. The minimum atomic E-state index is -0.0517. The maximum absolute atomic E-state index is 9.17. The van der Waals surface area contributed by atoms with E-state index < -0.39 is 0 Å². The summed E-state index contributed by atoms with van der Waals surface area (Å²) in [6.07, 6.45) is 0.871. The topological polar surface area (TPSA) is 58.7 Å². The van der Waals surface area contributed by atoms with E-state index in [-0.39, 0.29) is 18.8 Å². The van der Waals surface area contributed by atoms with Gasteiger partial charge in [0.05, 0.1) is 19.3 Å². The molecule has 4 heteroatoms. The first-order valence-corrected chi connectivity index (χ1v) is 6.97. The number of morpholine rings is 1. The lowest BCUT2D eigenvalue weighted by Gasteiger charge is -2.37. The van der Waals surface area contributed by atoms with Crippen LogP contribution >= 0.6 is 0 Å². The Kier molecular flexibility index (Phi) is 5.34. The molecule has 0 amide bonds. The summed E-state index contributed by atoms with van der Waals surface area (Å²) in [5.74, 6) is 0. The van der Waals surface area contributed by atoms with Gasteiger partial charge in [-0.2, -0.15) is 0 Å². The van der Waals surface area contributed by atoms with Crippen molar-refractivity contribution in [2.45, 2.75) is 31.5 Å². The average molecular weight is 264 g/mol. The minimum absolute atomic E-state index is 0.0517. The van der Waals surface area contributed by atoms with Crippen LogP contribution in [0.2, 0.25) is 0 Å². The van der Waals surface area contributed by atoms with Gasteiger partial charge in [0, 0.05) is 25.2 Å². The highest BCUT2D eigenvalue weighted by Crippen LogP contribution is 2.17. The van der Waals surface area contributed by atoms with E-state index in [0.717, 1.165) is 19.5 Å². The van der Waals surface area contributed by atoms with E-state index >= 15 is 0 Å². The molecule has 3 N–H and O–H groups in total. The third-order valence-corrected chi connectivity index (χ3v) is 3.79. The molecule has 4 nitrogen and oxygen atoms in total. The first kappa shape index (κ1) is 14.5. The van der Waals surface area contributed by atoms with Crippen molar-refractivity contribution in [2.75, 3.05) is 26.3 Å². The number of nitrogens with zero attached hydrogens (tertiary/aromatic N) is 1. The monoisotopic (exact) mass is 264 g/mol. The third kappa shape index (κ3) is 4.01. The van der Waals surface area contributed by atoms with Crippen molar-refractivity contribution in [3.8, 4) is 0 Å². The number of rotatable bonds is 5. The van der Waals surface area contributed by atoms with E-state index in [2.05, 4.69) is 24.0 Å². The second kappa shape index (κ2) is 7.01. The molecule has 106 valence electrons. The zero-order chi connectivity index (χ0) is 13.7. The molecule has 0 aromatic heterocycles. The van der Waals surface area contributed by atoms with E-state index in [0.29, 0.717) is 12.6 Å². The molecule has 1 aromatic rings. The molecule has 1 saturated heterocycles. The lowest BCUT2D eigenvalue weighted by Crippen LogP contribution is -2.50. The van der Waals surface area contributed by atoms with Gasteiger partial charge in [0.15, 0.2) is 0 Å². The van der Waals surface area contributed by atoms with Crippen LogP contribution in [0.3, 0.4) is 0 Å². The second-order valence-corrected chi connectivity index (χ2v) is 5.29. The van der Waals surface area contributed by atoms with E-state index in [1.54, 1.807) is 0 Å². The quantitative estimate of drug-likeness (QED) is 0.838. The molecule has 1 aliphatic rings. The summed E-state index contributed by atoms with van der Waals surface area (Å²) in [5.41, 5.74) is 7.40. The molecule has 0 bridgehead atoms. The van der Waals surface area contributed by atoms with E-state index in [9.17, 15) is 5.11 Å².